The van der Waals surface area contributed by atoms with Crippen molar-refractivity contribution in [3.63, 3.8) is 0 Å². The highest BCUT2D eigenvalue weighted by Crippen LogP contribution is 2.45. The lowest BCUT2D eigenvalue weighted by Crippen LogP contribution is -2.15. The first-order valence-electron chi connectivity index (χ1n) is 44.4. The van der Waals surface area contributed by atoms with Crippen LogP contribution in [0.4, 0.5) is 0 Å². The van der Waals surface area contributed by atoms with Gasteiger partial charge in [0.05, 0.1) is 108 Å². The van der Waals surface area contributed by atoms with Crippen molar-refractivity contribution < 1.29 is 0 Å². The van der Waals surface area contributed by atoms with Crippen LogP contribution >= 0.6 is 22.7 Å². The monoisotopic (exact) mass is 1750 g/mol. The number of nitrogens with zero attached hydrogens (tertiary/aromatic N) is 18. The van der Waals surface area contributed by atoms with Crippen molar-refractivity contribution in [3.05, 3.63) is 471 Å². The van der Waals surface area contributed by atoms with E-state index in [-0.39, 0.29) is 24.2 Å². The van der Waals surface area contributed by atoms with Crippen molar-refractivity contribution in [3.8, 4) is 67.5 Å². The standard InChI is InChI=1S/C22H19N3.C21H17N3.C20H17N3.C18H19N3.C16H15N3S.C14H13N3S/c1-2-6-19-16(4-1)5-3-7-20(19)21-11-10-18(14-24-21)22(17-8-9-17)25-13-12-23-15-25;1-3-7-17(8-4-1)20-12-11-19(15-23-20)21(24-14-13-22-16-24)18-9-5-2-6-10-18;1-15(23-12-11-21-14-23)17-9-10-20(22-13-17)19-8-4-6-16-5-2-3-7-18(16)19;1-14(2)18(21-11-10-19-13-21)16-8-9-17(20-12-16)15-6-4-3-5-7-15;1-2-12(1)16(19-7-6-17-11-19)13-3-4-15(18-9-13)14-5-8-20-10-14;1-11(17-6-5-15-10-17)12-2-3-14(16-8-12)13-4-7-18-9-13/h1-7,10-15,17,22H,8-9H2;1-16,21H;2-15H,1H3;3-14,18H,1-2H3;3-12,16H,1-2H2;2-11H,1H3. The number of thiophene rings is 2. The SMILES string of the molecule is CC(C)C(c1ccc(-c2ccccc2)nc1)n1ccnc1.CC(c1ccc(-c2cccc3ccccc23)nc1)n1ccnc1.CC(c1ccc(-c2ccsc2)nc1)n1ccnc1.c1ccc(-c2ccc(C(c3ccccc3)n3ccnc3)cn2)cc1.c1ccc2c(-c3ccc(C(C4CC4)n4ccnc4)cn3)cccc2c1.c1cn(C(c2ccc(-c3ccsc3)nc2)C2CC2)cn1. The van der Waals surface area contributed by atoms with Crippen molar-refractivity contribution in [2.75, 3.05) is 0 Å². The van der Waals surface area contributed by atoms with Gasteiger partial charge in [-0.2, -0.15) is 22.7 Å². The first kappa shape index (κ1) is 86.4. The molecule has 2 aliphatic rings. The molecule has 6 atom stereocenters. The second-order valence-electron chi connectivity index (χ2n) is 33.1. The summed E-state index contributed by atoms with van der Waals surface area (Å²) in [6.45, 7) is 8.73. The molecule has 0 N–H and O–H groups in total. The van der Waals surface area contributed by atoms with E-state index in [4.69, 9.17) is 9.97 Å². The normalized spacial score (nSPS) is 13.5. The van der Waals surface area contributed by atoms with Crippen LogP contribution < -0.4 is 0 Å². The molecular formula is C111H100N18S2. The van der Waals surface area contributed by atoms with Crippen molar-refractivity contribution in [1.29, 1.82) is 0 Å². The summed E-state index contributed by atoms with van der Waals surface area (Å²) in [6.07, 6.45) is 51.3. The molecule has 7 aromatic carbocycles. The van der Waals surface area contributed by atoms with E-state index in [1.807, 2.05) is 167 Å². The number of aromatic nitrogens is 18. The van der Waals surface area contributed by atoms with Gasteiger partial charge < -0.3 is 27.4 Å². The second-order valence-corrected chi connectivity index (χ2v) is 34.7. The van der Waals surface area contributed by atoms with Gasteiger partial charge >= 0.3 is 0 Å². The predicted octanol–water partition coefficient (Wildman–Crippen LogP) is 26.2. The molecule has 131 heavy (non-hydrogen) atoms. The van der Waals surface area contributed by atoms with Crippen LogP contribution in [0.5, 0.6) is 0 Å². The Bertz CT molecular complexity index is 6910. The van der Waals surface area contributed by atoms with Crippen LogP contribution in [0.25, 0.3) is 89.1 Å². The van der Waals surface area contributed by atoms with Crippen LogP contribution in [0.1, 0.15) is 129 Å². The molecule has 14 aromatic heterocycles. The Morgan fingerprint density at radius 1 is 0.267 bits per heavy atom. The molecule has 21 aromatic rings. The van der Waals surface area contributed by atoms with Gasteiger partial charge in [0.2, 0.25) is 0 Å². The molecule has 2 fully saturated rings. The molecule has 2 aliphatic carbocycles. The lowest BCUT2D eigenvalue weighted by molar-refractivity contribution is 0.435. The lowest BCUT2D eigenvalue weighted by Gasteiger charge is -2.22. The molecule has 0 radical (unpaired) electrons. The molecule has 0 saturated heterocycles. The largest absolute Gasteiger partial charge is 0.330 e. The Morgan fingerprint density at radius 2 is 0.595 bits per heavy atom. The van der Waals surface area contributed by atoms with Crippen LogP contribution in [-0.2, 0) is 0 Å². The van der Waals surface area contributed by atoms with Crippen LogP contribution in [-0.4, -0.2) is 87.2 Å². The summed E-state index contributed by atoms with van der Waals surface area (Å²) in [5.74, 6) is 1.92. The van der Waals surface area contributed by atoms with Crippen molar-refractivity contribution in [2.45, 2.75) is 89.6 Å². The summed E-state index contributed by atoms with van der Waals surface area (Å²) in [5.41, 5.74) is 21.6. The fourth-order valence-corrected chi connectivity index (χ4v) is 18.2. The molecule has 6 unspecified atom stereocenters. The van der Waals surface area contributed by atoms with E-state index < -0.39 is 0 Å². The quantitative estimate of drug-likeness (QED) is 0.0626. The Balaban J connectivity index is 0.000000106. The zero-order chi connectivity index (χ0) is 88.9. The van der Waals surface area contributed by atoms with Gasteiger partial charge in [0.25, 0.3) is 0 Å². The van der Waals surface area contributed by atoms with E-state index in [0.29, 0.717) is 23.9 Å². The van der Waals surface area contributed by atoms with Gasteiger partial charge in [0.1, 0.15) is 0 Å². The fraction of sp³-hybridized carbons (Fsp3) is 0.153. The average molecular weight is 1750 g/mol. The number of hydrogen-bond acceptors (Lipinski definition) is 14. The van der Waals surface area contributed by atoms with E-state index in [9.17, 15) is 0 Å². The molecule has 18 nitrogen and oxygen atoms in total. The summed E-state index contributed by atoms with van der Waals surface area (Å²) in [5, 5.41) is 13.4. The molecular weight excluding hydrogens is 1650 g/mol. The summed E-state index contributed by atoms with van der Waals surface area (Å²) < 4.78 is 12.8. The van der Waals surface area contributed by atoms with E-state index in [2.05, 4.69) is 357 Å². The molecule has 0 amide bonds. The van der Waals surface area contributed by atoms with Gasteiger partial charge in [-0.05, 0) is 177 Å². The molecule has 646 valence electrons. The highest BCUT2D eigenvalue weighted by molar-refractivity contribution is 7.08. The van der Waals surface area contributed by atoms with E-state index >= 15 is 0 Å². The third-order valence-corrected chi connectivity index (χ3v) is 25.5. The smallest absolute Gasteiger partial charge is 0.0954 e. The predicted molar refractivity (Wildman–Crippen MR) is 528 cm³/mol. The minimum absolute atomic E-state index is 0.0750. The molecule has 0 bridgehead atoms. The minimum Gasteiger partial charge on any atom is -0.330 e. The molecule has 0 spiro atoms. The minimum atomic E-state index is 0.0750. The maximum Gasteiger partial charge on any atom is 0.0954 e. The van der Waals surface area contributed by atoms with Crippen LogP contribution in [0.3, 0.4) is 0 Å². The summed E-state index contributed by atoms with van der Waals surface area (Å²) >= 11 is 3.40. The first-order chi connectivity index (χ1) is 64.7. The molecule has 23 rings (SSSR count). The summed E-state index contributed by atoms with van der Waals surface area (Å²) in [7, 11) is 0. The first-order valence-corrected chi connectivity index (χ1v) is 46.3. The van der Waals surface area contributed by atoms with Crippen LogP contribution in [0.2, 0.25) is 0 Å². The highest BCUT2D eigenvalue weighted by atomic mass is 32.1. The molecule has 20 heteroatoms. The zero-order valence-electron chi connectivity index (χ0n) is 73.4. The topological polar surface area (TPSA) is 184 Å². The average Bonchev–Trinajstić information content (AvgIpc) is 0.907. The van der Waals surface area contributed by atoms with Gasteiger partial charge in [-0.15, -0.1) is 0 Å². The van der Waals surface area contributed by atoms with Crippen molar-refractivity contribution >= 4 is 44.2 Å². The van der Waals surface area contributed by atoms with E-state index in [1.54, 1.807) is 35.1 Å². The summed E-state index contributed by atoms with van der Waals surface area (Å²) in [4.78, 5) is 52.9. The molecule has 0 aliphatic heterocycles. The number of fused-ring (bicyclic) bond motifs is 2. The van der Waals surface area contributed by atoms with Crippen LogP contribution in [0.15, 0.2) is 432 Å². The Hall–Kier alpha value is -15.4. The number of hydrogen-bond donors (Lipinski definition) is 0. The number of rotatable bonds is 22. The number of imidazole rings is 6. The van der Waals surface area contributed by atoms with Crippen molar-refractivity contribution in [2.24, 2.45) is 17.8 Å². The van der Waals surface area contributed by atoms with Gasteiger partial charge in [0, 0.05) is 156 Å². The second kappa shape index (κ2) is 42.0. The van der Waals surface area contributed by atoms with Gasteiger partial charge in [-0.25, -0.2) is 29.9 Å². The maximum atomic E-state index is 4.81. The van der Waals surface area contributed by atoms with Gasteiger partial charge in [0.15, 0.2) is 0 Å². The maximum absolute atomic E-state index is 4.81. The van der Waals surface area contributed by atoms with E-state index in [0.717, 1.165) is 56.8 Å². The highest BCUT2D eigenvalue weighted by Gasteiger charge is 2.35. The van der Waals surface area contributed by atoms with E-state index in [1.165, 1.54) is 103 Å². The summed E-state index contributed by atoms with van der Waals surface area (Å²) in [6, 6.07) is 92.0. The van der Waals surface area contributed by atoms with Gasteiger partial charge in [-0.3, -0.25) is 29.9 Å². The lowest BCUT2D eigenvalue weighted by atomic mass is 9.96. The third-order valence-electron chi connectivity index (χ3n) is 24.1. The van der Waals surface area contributed by atoms with Crippen LogP contribution in [0, 0.1) is 17.8 Å². The molecule has 2 saturated carbocycles. The Morgan fingerprint density at radius 3 is 0.954 bits per heavy atom. The fourth-order valence-electron chi connectivity index (χ4n) is 16.9. The number of benzene rings is 7. The Labute approximate surface area is 771 Å². The van der Waals surface area contributed by atoms with Crippen molar-refractivity contribution in [1.82, 2.24) is 87.2 Å². The third kappa shape index (κ3) is 21.4. The zero-order valence-corrected chi connectivity index (χ0v) is 75.0. The molecule has 14 heterocycles. The number of pyridine rings is 6. The Kier molecular flexibility index (Phi) is 27.7. The van der Waals surface area contributed by atoms with Gasteiger partial charge in [-0.1, -0.05) is 226 Å².